The first-order valence-corrected chi connectivity index (χ1v) is 8.20. The van der Waals surface area contributed by atoms with Crippen LogP contribution in [-0.4, -0.2) is 6.54 Å². The lowest BCUT2D eigenvalue weighted by molar-refractivity contribution is 0.165. The molecule has 1 aliphatic rings. The van der Waals surface area contributed by atoms with Crippen molar-refractivity contribution in [3.63, 3.8) is 0 Å². The first kappa shape index (κ1) is 15.6. The van der Waals surface area contributed by atoms with Gasteiger partial charge in [-0.25, -0.2) is 0 Å². The molecule has 0 amide bonds. The Kier molecular flexibility index (Phi) is 4.90. The minimum absolute atomic E-state index is 0.463. The van der Waals surface area contributed by atoms with Crippen molar-refractivity contribution in [1.29, 1.82) is 0 Å². The van der Waals surface area contributed by atoms with Crippen molar-refractivity contribution in [2.45, 2.75) is 59.3 Å². The molecule has 1 heteroatoms. The Morgan fingerprint density at radius 3 is 2.70 bits per heavy atom. The van der Waals surface area contributed by atoms with Gasteiger partial charge >= 0.3 is 0 Å². The molecule has 1 fully saturated rings. The van der Waals surface area contributed by atoms with Crippen LogP contribution in [0.2, 0.25) is 0 Å². The van der Waals surface area contributed by atoms with Crippen molar-refractivity contribution in [2.75, 3.05) is 6.54 Å². The molecule has 1 aliphatic carbocycles. The van der Waals surface area contributed by atoms with E-state index in [0.29, 0.717) is 17.3 Å². The lowest BCUT2D eigenvalue weighted by Gasteiger charge is -2.41. The number of hydrogen-bond donors (Lipinski definition) is 1. The Labute approximate surface area is 125 Å². The van der Waals surface area contributed by atoms with Gasteiger partial charge in [0.25, 0.3) is 0 Å². The summed E-state index contributed by atoms with van der Waals surface area (Å²) in [5.74, 6) is 2.03. The topological polar surface area (TPSA) is 26.0 Å². The first-order chi connectivity index (χ1) is 9.41. The highest BCUT2D eigenvalue weighted by atomic mass is 14.6. The van der Waals surface area contributed by atoms with E-state index in [1.807, 2.05) is 0 Å². The highest BCUT2D eigenvalue weighted by Crippen LogP contribution is 2.46. The van der Waals surface area contributed by atoms with E-state index in [0.717, 1.165) is 12.5 Å². The summed E-state index contributed by atoms with van der Waals surface area (Å²) in [6.45, 7) is 10.2. The molecule has 2 rings (SSSR count). The Balaban J connectivity index is 2.23. The predicted octanol–water partition coefficient (Wildman–Crippen LogP) is 4.75. The molecular weight excluding hydrogens is 242 g/mol. The highest BCUT2D eigenvalue weighted by Gasteiger charge is 2.34. The summed E-state index contributed by atoms with van der Waals surface area (Å²) >= 11 is 0. The van der Waals surface area contributed by atoms with Gasteiger partial charge in [0.1, 0.15) is 0 Å². The lowest BCUT2D eigenvalue weighted by Crippen LogP contribution is -2.32. The average Bonchev–Trinajstić information content (AvgIpc) is 2.37. The minimum Gasteiger partial charge on any atom is -0.330 e. The van der Waals surface area contributed by atoms with Crippen molar-refractivity contribution in [3.05, 3.63) is 35.4 Å². The minimum atomic E-state index is 0.463. The van der Waals surface area contributed by atoms with Crippen molar-refractivity contribution in [2.24, 2.45) is 23.0 Å². The van der Waals surface area contributed by atoms with Crippen LogP contribution in [0.25, 0.3) is 0 Å². The van der Waals surface area contributed by atoms with Gasteiger partial charge in [-0.05, 0) is 66.5 Å². The Bertz CT molecular complexity index is 433. The molecule has 2 unspecified atom stereocenters. The first-order valence-electron chi connectivity index (χ1n) is 8.20. The molecule has 112 valence electrons. The maximum atomic E-state index is 6.04. The van der Waals surface area contributed by atoms with Crippen LogP contribution < -0.4 is 5.73 Å². The van der Waals surface area contributed by atoms with Gasteiger partial charge in [-0.2, -0.15) is 0 Å². The Morgan fingerprint density at radius 2 is 2.05 bits per heavy atom. The van der Waals surface area contributed by atoms with Crippen molar-refractivity contribution < 1.29 is 0 Å². The number of benzene rings is 1. The molecule has 1 nitrogen and oxygen atoms in total. The third-order valence-electron chi connectivity index (χ3n) is 4.86. The fraction of sp³-hybridized carbons (Fsp3) is 0.684. The fourth-order valence-corrected chi connectivity index (χ4v) is 3.74. The molecule has 0 heterocycles. The van der Waals surface area contributed by atoms with Gasteiger partial charge in [-0.3, -0.25) is 0 Å². The van der Waals surface area contributed by atoms with E-state index in [-0.39, 0.29) is 0 Å². The van der Waals surface area contributed by atoms with E-state index < -0.39 is 0 Å². The molecule has 0 spiro atoms. The smallest absolute Gasteiger partial charge is 0.00430 e. The molecule has 0 saturated heterocycles. The van der Waals surface area contributed by atoms with Crippen LogP contribution in [0.5, 0.6) is 0 Å². The molecule has 2 atom stereocenters. The molecule has 2 N–H and O–H groups in total. The summed E-state index contributed by atoms with van der Waals surface area (Å²) in [6, 6.07) is 9.27. The summed E-state index contributed by atoms with van der Waals surface area (Å²) in [6.07, 6.45) is 5.05. The summed E-state index contributed by atoms with van der Waals surface area (Å²) in [4.78, 5) is 0. The predicted molar refractivity (Wildman–Crippen MR) is 87.9 cm³/mol. The molecular formula is C19H31N. The SMILES string of the molecule is CC(C)Cc1cccc(C2CC(C)(C)CCC2CN)c1. The highest BCUT2D eigenvalue weighted by molar-refractivity contribution is 5.28. The van der Waals surface area contributed by atoms with Crippen LogP contribution in [0.3, 0.4) is 0 Å². The maximum Gasteiger partial charge on any atom is -0.00430 e. The normalized spacial score (nSPS) is 25.9. The van der Waals surface area contributed by atoms with Gasteiger partial charge in [0.2, 0.25) is 0 Å². The van der Waals surface area contributed by atoms with Crippen LogP contribution >= 0.6 is 0 Å². The Hall–Kier alpha value is -0.820. The average molecular weight is 273 g/mol. The van der Waals surface area contributed by atoms with E-state index in [1.54, 1.807) is 0 Å². The summed E-state index contributed by atoms with van der Waals surface area (Å²) in [7, 11) is 0. The van der Waals surface area contributed by atoms with Crippen LogP contribution in [-0.2, 0) is 6.42 Å². The standard InChI is InChI=1S/C19H31N/c1-14(2)10-15-6-5-7-16(11-15)18-12-19(3,4)9-8-17(18)13-20/h5-7,11,14,17-18H,8-10,12-13,20H2,1-4H3. The second-order valence-corrected chi connectivity index (χ2v) is 7.85. The number of nitrogens with two attached hydrogens (primary N) is 1. The van der Waals surface area contributed by atoms with Gasteiger partial charge in [0.05, 0.1) is 0 Å². The van der Waals surface area contributed by atoms with E-state index in [9.17, 15) is 0 Å². The van der Waals surface area contributed by atoms with Crippen LogP contribution in [0.4, 0.5) is 0 Å². The second kappa shape index (κ2) is 6.30. The van der Waals surface area contributed by atoms with Crippen molar-refractivity contribution in [1.82, 2.24) is 0 Å². The van der Waals surface area contributed by atoms with E-state index >= 15 is 0 Å². The zero-order chi connectivity index (χ0) is 14.8. The van der Waals surface area contributed by atoms with Crippen LogP contribution in [0, 0.1) is 17.3 Å². The van der Waals surface area contributed by atoms with Crippen molar-refractivity contribution >= 4 is 0 Å². The van der Waals surface area contributed by atoms with Gasteiger partial charge in [0.15, 0.2) is 0 Å². The van der Waals surface area contributed by atoms with Gasteiger partial charge in [-0.15, -0.1) is 0 Å². The van der Waals surface area contributed by atoms with Gasteiger partial charge in [0, 0.05) is 0 Å². The lowest BCUT2D eigenvalue weighted by atomic mass is 9.65. The van der Waals surface area contributed by atoms with E-state index in [4.69, 9.17) is 5.73 Å². The third kappa shape index (κ3) is 3.85. The quantitative estimate of drug-likeness (QED) is 0.841. The van der Waals surface area contributed by atoms with Crippen LogP contribution in [0.15, 0.2) is 24.3 Å². The monoisotopic (exact) mass is 273 g/mol. The molecule has 1 aromatic rings. The molecule has 0 radical (unpaired) electrons. The maximum absolute atomic E-state index is 6.04. The molecule has 0 bridgehead atoms. The van der Waals surface area contributed by atoms with Gasteiger partial charge in [-0.1, -0.05) is 52.0 Å². The molecule has 0 aliphatic heterocycles. The van der Waals surface area contributed by atoms with E-state index in [2.05, 4.69) is 52.0 Å². The molecule has 1 saturated carbocycles. The number of hydrogen-bond acceptors (Lipinski definition) is 1. The largest absolute Gasteiger partial charge is 0.330 e. The summed E-state index contributed by atoms with van der Waals surface area (Å²) in [5.41, 5.74) is 9.50. The number of rotatable bonds is 4. The zero-order valence-corrected chi connectivity index (χ0v) is 13.7. The Morgan fingerprint density at radius 1 is 1.30 bits per heavy atom. The summed E-state index contributed by atoms with van der Waals surface area (Å²) in [5, 5.41) is 0. The van der Waals surface area contributed by atoms with Gasteiger partial charge < -0.3 is 5.73 Å². The van der Waals surface area contributed by atoms with Crippen LogP contribution in [0.1, 0.15) is 64.0 Å². The fourth-order valence-electron chi connectivity index (χ4n) is 3.74. The molecule has 20 heavy (non-hydrogen) atoms. The van der Waals surface area contributed by atoms with Crippen molar-refractivity contribution in [3.8, 4) is 0 Å². The summed E-state index contributed by atoms with van der Waals surface area (Å²) < 4.78 is 0. The third-order valence-corrected chi connectivity index (χ3v) is 4.86. The second-order valence-electron chi connectivity index (χ2n) is 7.85. The van der Waals surface area contributed by atoms with E-state index in [1.165, 1.54) is 36.8 Å². The zero-order valence-electron chi connectivity index (χ0n) is 13.7. The molecule has 1 aromatic carbocycles. The molecule has 0 aromatic heterocycles.